The molecule has 1 aliphatic carbocycles. The minimum absolute atomic E-state index is 0.132. The summed E-state index contributed by atoms with van der Waals surface area (Å²) in [6.07, 6.45) is 2.46. The Hall–Kier alpha value is -2.37. The second-order valence-electron chi connectivity index (χ2n) is 8.16. The van der Waals surface area contributed by atoms with E-state index in [1.54, 1.807) is 0 Å². The highest BCUT2D eigenvalue weighted by Crippen LogP contribution is 2.31. The molecule has 0 radical (unpaired) electrons. The first-order chi connectivity index (χ1) is 12.9. The summed E-state index contributed by atoms with van der Waals surface area (Å²) >= 11 is 0. The van der Waals surface area contributed by atoms with Gasteiger partial charge in [0, 0.05) is 45.1 Å². The van der Waals surface area contributed by atoms with Crippen LogP contribution in [0, 0.1) is 5.92 Å². The number of imidazole rings is 1. The normalized spacial score (nSPS) is 17.8. The van der Waals surface area contributed by atoms with Crippen molar-refractivity contribution in [3.63, 3.8) is 0 Å². The molecule has 6 nitrogen and oxygen atoms in total. The number of aryl methyl sites for hydroxylation is 1. The quantitative estimate of drug-likeness (QED) is 0.832. The maximum Gasteiger partial charge on any atom is 0.227 e. The van der Waals surface area contributed by atoms with Crippen molar-refractivity contribution in [3.8, 4) is 0 Å². The summed E-state index contributed by atoms with van der Waals surface area (Å²) in [5.41, 5.74) is 3.05. The Morgan fingerprint density at radius 3 is 2.41 bits per heavy atom. The number of piperazine rings is 1. The maximum absolute atomic E-state index is 12.7. The minimum Gasteiger partial charge on any atom is -0.339 e. The molecule has 0 N–H and O–H groups in total. The van der Waals surface area contributed by atoms with Gasteiger partial charge < -0.3 is 14.4 Å². The number of nitrogens with zero attached hydrogens (tertiary/aromatic N) is 4. The molecule has 1 aromatic carbocycles. The lowest BCUT2D eigenvalue weighted by molar-refractivity contribution is -0.140. The molecule has 1 aromatic heterocycles. The fourth-order valence-electron chi connectivity index (χ4n) is 3.94. The number of rotatable bonds is 4. The highest BCUT2D eigenvalue weighted by molar-refractivity contribution is 5.83. The minimum atomic E-state index is 0.132. The van der Waals surface area contributed by atoms with Gasteiger partial charge in [0.1, 0.15) is 5.82 Å². The van der Waals surface area contributed by atoms with Gasteiger partial charge in [0.05, 0.1) is 17.5 Å². The topological polar surface area (TPSA) is 58.4 Å². The highest BCUT2D eigenvalue weighted by Gasteiger charge is 2.35. The molecule has 27 heavy (non-hydrogen) atoms. The zero-order valence-corrected chi connectivity index (χ0v) is 16.4. The molecule has 1 saturated heterocycles. The summed E-state index contributed by atoms with van der Waals surface area (Å²) in [5, 5.41) is 0. The second-order valence-corrected chi connectivity index (χ2v) is 8.16. The molecule has 2 fully saturated rings. The van der Waals surface area contributed by atoms with Crippen molar-refractivity contribution in [1.82, 2.24) is 19.4 Å². The van der Waals surface area contributed by atoms with Crippen molar-refractivity contribution in [2.45, 2.75) is 39.0 Å². The molecule has 4 rings (SSSR count). The Morgan fingerprint density at radius 1 is 1.11 bits per heavy atom. The lowest BCUT2D eigenvalue weighted by atomic mass is 10.1. The summed E-state index contributed by atoms with van der Waals surface area (Å²) < 4.78 is 2.13. The van der Waals surface area contributed by atoms with E-state index in [0.717, 1.165) is 35.3 Å². The van der Waals surface area contributed by atoms with E-state index in [9.17, 15) is 9.59 Å². The third kappa shape index (κ3) is 3.57. The Morgan fingerprint density at radius 2 is 1.78 bits per heavy atom. The van der Waals surface area contributed by atoms with Crippen LogP contribution in [0.4, 0.5) is 0 Å². The molecule has 6 heteroatoms. The first kappa shape index (κ1) is 18.0. The molecule has 2 aromatic rings. The lowest BCUT2D eigenvalue weighted by Gasteiger charge is -2.35. The highest BCUT2D eigenvalue weighted by atomic mass is 16.2. The summed E-state index contributed by atoms with van der Waals surface area (Å²) in [4.78, 5) is 33.4. The van der Waals surface area contributed by atoms with Crippen LogP contribution >= 0.6 is 0 Å². The number of carbonyl (C=O) groups is 2. The van der Waals surface area contributed by atoms with Crippen molar-refractivity contribution >= 4 is 22.8 Å². The van der Waals surface area contributed by atoms with Gasteiger partial charge in [-0.05, 0) is 30.5 Å². The van der Waals surface area contributed by atoms with E-state index in [1.807, 2.05) is 29.0 Å². The molecule has 2 heterocycles. The van der Waals surface area contributed by atoms with Crippen LogP contribution in [0.5, 0.6) is 0 Å². The monoisotopic (exact) mass is 368 g/mol. The third-order valence-electron chi connectivity index (χ3n) is 5.72. The van der Waals surface area contributed by atoms with Crippen LogP contribution in [0.25, 0.3) is 11.0 Å². The largest absolute Gasteiger partial charge is 0.339 e. The summed E-state index contributed by atoms with van der Waals surface area (Å²) in [5.74, 6) is 2.09. The van der Waals surface area contributed by atoms with Crippen molar-refractivity contribution < 1.29 is 9.59 Å². The summed E-state index contributed by atoms with van der Waals surface area (Å²) in [6, 6.07) is 6.12. The van der Waals surface area contributed by atoms with Gasteiger partial charge >= 0.3 is 0 Å². The maximum atomic E-state index is 12.7. The Kier molecular flexibility index (Phi) is 4.66. The predicted molar refractivity (Wildman–Crippen MR) is 104 cm³/mol. The predicted octanol–water partition coefficient (Wildman–Crippen LogP) is 2.32. The first-order valence-electron chi connectivity index (χ1n) is 9.96. The number of fused-ring (bicyclic) bond motifs is 1. The van der Waals surface area contributed by atoms with Gasteiger partial charge in [0.15, 0.2) is 0 Å². The Labute approximate surface area is 160 Å². The van der Waals surface area contributed by atoms with Crippen LogP contribution in [0.2, 0.25) is 0 Å². The average molecular weight is 368 g/mol. The standard InChI is InChI=1S/C21H28N4O2/c1-14(2)20-22-17-12-15(4-7-18(17)23(20)3)13-19(26)24-8-10-25(11-9-24)21(27)16-5-6-16/h4,7,12,14,16H,5-6,8-11,13H2,1-3H3. The molecular formula is C21H28N4O2. The number of carbonyl (C=O) groups excluding carboxylic acids is 2. The van der Waals surface area contributed by atoms with Crippen LogP contribution in [-0.2, 0) is 23.1 Å². The van der Waals surface area contributed by atoms with E-state index in [1.165, 1.54) is 0 Å². The molecule has 2 amide bonds. The molecule has 2 aliphatic rings. The Balaban J connectivity index is 1.40. The number of amides is 2. The van der Waals surface area contributed by atoms with Crippen molar-refractivity contribution in [2.24, 2.45) is 13.0 Å². The van der Waals surface area contributed by atoms with Crippen molar-refractivity contribution in [3.05, 3.63) is 29.6 Å². The van der Waals surface area contributed by atoms with Gasteiger partial charge in [0.2, 0.25) is 11.8 Å². The molecule has 0 bridgehead atoms. The Bertz CT molecular complexity index is 874. The molecule has 1 saturated carbocycles. The van der Waals surface area contributed by atoms with Gasteiger partial charge in [-0.1, -0.05) is 19.9 Å². The van der Waals surface area contributed by atoms with E-state index in [-0.39, 0.29) is 17.7 Å². The number of benzene rings is 1. The van der Waals surface area contributed by atoms with E-state index in [2.05, 4.69) is 24.5 Å². The fraction of sp³-hybridized carbons (Fsp3) is 0.571. The van der Waals surface area contributed by atoms with Gasteiger partial charge in [-0.15, -0.1) is 0 Å². The van der Waals surface area contributed by atoms with E-state index < -0.39 is 0 Å². The van der Waals surface area contributed by atoms with E-state index in [0.29, 0.717) is 38.5 Å². The fourth-order valence-corrected chi connectivity index (χ4v) is 3.94. The van der Waals surface area contributed by atoms with Crippen LogP contribution < -0.4 is 0 Å². The van der Waals surface area contributed by atoms with Gasteiger partial charge in [-0.2, -0.15) is 0 Å². The summed E-state index contributed by atoms with van der Waals surface area (Å²) in [7, 11) is 2.04. The molecule has 0 unspecified atom stereocenters. The number of aromatic nitrogens is 2. The van der Waals surface area contributed by atoms with E-state index >= 15 is 0 Å². The zero-order valence-electron chi connectivity index (χ0n) is 16.4. The van der Waals surface area contributed by atoms with Crippen molar-refractivity contribution in [1.29, 1.82) is 0 Å². The van der Waals surface area contributed by atoms with Gasteiger partial charge in [-0.3, -0.25) is 9.59 Å². The first-order valence-corrected chi connectivity index (χ1v) is 9.96. The molecule has 1 aliphatic heterocycles. The lowest BCUT2D eigenvalue weighted by Crippen LogP contribution is -2.51. The molecule has 0 atom stereocenters. The smallest absolute Gasteiger partial charge is 0.227 e. The van der Waals surface area contributed by atoms with Crippen molar-refractivity contribution in [2.75, 3.05) is 26.2 Å². The zero-order chi connectivity index (χ0) is 19.1. The SMILES string of the molecule is CC(C)c1nc2cc(CC(=O)N3CCN(C(=O)C4CC4)CC3)ccc2n1C. The number of hydrogen-bond donors (Lipinski definition) is 0. The van der Waals surface area contributed by atoms with Crippen LogP contribution in [0.3, 0.4) is 0 Å². The summed E-state index contributed by atoms with van der Waals surface area (Å²) in [6.45, 7) is 6.88. The van der Waals surface area contributed by atoms with Gasteiger partial charge in [0.25, 0.3) is 0 Å². The van der Waals surface area contributed by atoms with E-state index in [4.69, 9.17) is 4.98 Å². The molecule has 0 spiro atoms. The van der Waals surface area contributed by atoms with Gasteiger partial charge in [-0.25, -0.2) is 4.98 Å². The molecule has 144 valence electrons. The van der Waals surface area contributed by atoms with Crippen LogP contribution in [-0.4, -0.2) is 57.3 Å². The van der Waals surface area contributed by atoms with Crippen LogP contribution in [0.15, 0.2) is 18.2 Å². The molecular weight excluding hydrogens is 340 g/mol. The second kappa shape index (κ2) is 6.98. The number of hydrogen-bond acceptors (Lipinski definition) is 3. The average Bonchev–Trinajstić information content (AvgIpc) is 3.45. The van der Waals surface area contributed by atoms with Crippen LogP contribution in [0.1, 0.15) is 44.0 Å². The third-order valence-corrected chi connectivity index (χ3v) is 5.72.